The normalized spacial score (nSPS) is 17.0. The molecule has 2 aromatic carbocycles. The third-order valence-electron chi connectivity index (χ3n) is 5.59. The summed E-state index contributed by atoms with van der Waals surface area (Å²) in [7, 11) is 0. The molecular formula is C24H28N2O2. The largest absolute Gasteiger partial charge is 0.494 e. The topological polar surface area (TPSA) is 45.3 Å². The minimum atomic E-state index is 0.161. The standard InChI is InChI=1S/C24H28N2O2/c1-2-28-20-13-10-18(11-14-20)12-15-24(27)26-16-6-5-9-23(26)22-17-19-7-3-4-8-21(19)25-22/h3-4,7-8,10-11,13-14,17,23,25H,2,5-6,9,12,15-16H2,1H3. The third-order valence-corrected chi connectivity index (χ3v) is 5.59. The Balaban J connectivity index is 1.44. The number of likely N-dealkylation sites (tertiary alicyclic amines) is 1. The molecule has 0 bridgehead atoms. The molecule has 1 aromatic heterocycles. The van der Waals surface area contributed by atoms with Crippen molar-refractivity contribution in [3.05, 3.63) is 65.9 Å². The molecule has 1 saturated heterocycles. The van der Waals surface area contributed by atoms with Gasteiger partial charge in [-0.2, -0.15) is 0 Å². The van der Waals surface area contributed by atoms with Crippen molar-refractivity contribution in [1.29, 1.82) is 0 Å². The van der Waals surface area contributed by atoms with Gasteiger partial charge >= 0.3 is 0 Å². The van der Waals surface area contributed by atoms with Crippen LogP contribution in [0.5, 0.6) is 5.75 Å². The van der Waals surface area contributed by atoms with Crippen LogP contribution >= 0.6 is 0 Å². The van der Waals surface area contributed by atoms with Crippen LogP contribution in [0.3, 0.4) is 0 Å². The lowest BCUT2D eigenvalue weighted by atomic mass is 9.98. The minimum Gasteiger partial charge on any atom is -0.494 e. The molecule has 1 atom stereocenters. The molecule has 4 rings (SSSR count). The Hall–Kier alpha value is -2.75. The minimum absolute atomic E-state index is 0.161. The first-order valence-corrected chi connectivity index (χ1v) is 10.3. The van der Waals surface area contributed by atoms with Crippen molar-refractivity contribution in [1.82, 2.24) is 9.88 Å². The van der Waals surface area contributed by atoms with Crippen molar-refractivity contribution in [2.75, 3.05) is 13.2 Å². The van der Waals surface area contributed by atoms with E-state index in [0.717, 1.165) is 42.8 Å². The van der Waals surface area contributed by atoms with Gasteiger partial charge in [0.25, 0.3) is 0 Å². The van der Waals surface area contributed by atoms with Crippen molar-refractivity contribution < 1.29 is 9.53 Å². The first-order chi connectivity index (χ1) is 13.7. The summed E-state index contributed by atoms with van der Waals surface area (Å²) in [6, 6.07) is 18.8. The van der Waals surface area contributed by atoms with Crippen LogP contribution in [0.1, 0.15) is 49.9 Å². The van der Waals surface area contributed by atoms with Gasteiger partial charge in [-0.3, -0.25) is 4.79 Å². The number of piperidine rings is 1. The molecule has 1 unspecified atom stereocenters. The van der Waals surface area contributed by atoms with Crippen LogP contribution in [-0.4, -0.2) is 28.9 Å². The number of carbonyl (C=O) groups excluding carboxylic acids is 1. The van der Waals surface area contributed by atoms with E-state index in [1.54, 1.807) is 0 Å². The van der Waals surface area contributed by atoms with Crippen LogP contribution in [0.2, 0.25) is 0 Å². The van der Waals surface area contributed by atoms with Gasteiger partial charge in [-0.25, -0.2) is 0 Å². The smallest absolute Gasteiger partial charge is 0.223 e. The molecule has 0 spiro atoms. The predicted molar refractivity (Wildman–Crippen MR) is 113 cm³/mol. The number of benzene rings is 2. The van der Waals surface area contributed by atoms with E-state index in [0.29, 0.717) is 13.0 Å². The molecule has 2 heterocycles. The van der Waals surface area contributed by atoms with Crippen LogP contribution < -0.4 is 4.74 Å². The Kier molecular flexibility index (Phi) is 5.65. The fraction of sp³-hybridized carbons (Fsp3) is 0.375. The highest BCUT2D eigenvalue weighted by Crippen LogP contribution is 2.33. The SMILES string of the molecule is CCOc1ccc(CCC(=O)N2CCCCC2c2cc3ccccc3[nH]2)cc1. The average Bonchev–Trinajstić information content (AvgIpc) is 3.17. The number of aromatic nitrogens is 1. The zero-order valence-corrected chi connectivity index (χ0v) is 16.5. The van der Waals surface area contributed by atoms with Gasteiger partial charge in [-0.1, -0.05) is 30.3 Å². The van der Waals surface area contributed by atoms with Crippen LogP contribution in [0.15, 0.2) is 54.6 Å². The van der Waals surface area contributed by atoms with Crippen molar-refractivity contribution >= 4 is 16.8 Å². The lowest BCUT2D eigenvalue weighted by molar-refractivity contribution is -0.135. The molecule has 0 aliphatic carbocycles. The summed E-state index contributed by atoms with van der Waals surface area (Å²) >= 11 is 0. The highest BCUT2D eigenvalue weighted by Gasteiger charge is 2.28. The maximum Gasteiger partial charge on any atom is 0.223 e. The summed E-state index contributed by atoms with van der Waals surface area (Å²) < 4.78 is 5.49. The van der Waals surface area contributed by atoms with Gasteiger partial charge in [0.05, 0.1) is 12.6 Å². The van der Waals surface area contributed by atoms with Gasteiger partial charge in [0, 0.05) is 24.2 Å². The van der Waals surface area contributed by atoms with Gasteiger partial charge in [0.2, 0.25) is 5.91 Å². The summed E-state index contributed by atoms with van der Waals surface area (Å²) in [6.45, 7) is 3.50. The zero-order chi connectivity index (χ0) is 19.3. The number of rotatable bonds is 6. The monoisotopic (exact) mass is 376 g/mol. The Labute approximate surface area is 166 Å². The van der Waals surface area contributed by atoms with Gasteiger partial charge in [0.15, 0.2) is 0 Å². The molecule has 1 fully saturated rings. The highest BCUT2D eigenvalue weighted by molar-refractivity contribution is 5.81. The van der Waals surface area contributed by atoms with Gasteiger partial charge in [0.1, 0.15) is 5.75 Å². The highest BCUT2D eigenvalue weighted by atomic mass is 16.5. The van der Waals surface area contributed by atoms with Crippen LogP contribution in [-0.2, 0) is 11.2 Å². The number of ether oxygens (including phenoxy) is 1. The molecule has 4 nitrogen and oxygen atoms in total. The molecule has 28 heavy (non-hydrogen) atoms. The predicted octanol–water partition coefficient (Wildman–Crippen LogP) is 5.25. The Morgan fingerprint density at radius 1 is 1.14 bits per heavy atom. The number of nitrogens with one attached hydrogen (secondary N) is 1. The molecule has 3 aromatic rings. The third kappa shape index (κ3) is 4.06. The summed E-state index contributed by atoms with van der Waals surface area (Å²) in [6.07, 6.45) is 4.60. The summed E-state index contributed by atoms with van der Waals surface area (Å²) in [4.78, 5) is 18.6. The molecule has 4 heteroatoms. The molecule has 0 radical (unpaired) electrons. The van der Waals surface area contributed by atoms with Gasteiger partial charge in [-0.15, -0.1) is 0 Å². The van der Waals surface area contributed by atoms with E-state index < -0.39 is 0 Å². The molecule has 1 aliphatic rings. The summed E-state index contributed by atoms with van der Waals surface area (Å²) in [5.41, 5.74) is 3.48. The second-order valence-corrected chi connectivity index (χ2v) is 7.49. The number of hydrogen-bond acceptors (Lipinski definition) is 2. The van der Waals surface area contributed by atoms with E-state index in [9.17, 15) is 4.79 Å². The number of amides is 1. The molecule has 1 amide bonds. The Morgan fingerprint density at radius 2 is 1.96 bits per heavy atom. The van der Waals surface area contributed by atoms with Crippen molar-refractivity contribution in [3.8, 4) is 5.75 Å². The molecule has 1 N–H and O–H groups in total. The maximum atomic E-state index is 13.0. The summed E-state index contributed by atoms with van der Waals surface area (Å²) in [5, 5.41) is 1.21. The van der Waals surface area contributed by atoms with E-state index >= 15 is 0 Å². The number of aromatic amines is 1. The second-order valence-electron chi connectivity index (χ2n) is 7.49. The lowest BCUT2D eigenvalue weighted by Crippen LogP contribution is -2.38. The lowest BCUT2D eigenvalue weighted by Gasteiger charge is -2.35. The number of aryl methyl sites for hydroxylation is 1. The molecule has 0 saturated carbocycles. The van der Waals surface area contributed by atoms with E-state index in [4.69, 9.17) is 4.74 Å². The zero-order valence-electron chi connectivity index (χ0n) is 16.5. The number of H-pyrrole nitrogens is 1. The van der Waals surface area contributed by atoms with E-state index in [1.807, 2.05) is 25.1 Å². The van der Waals surface area contributed by atoms with E-state index in [1.165, 1.54) is 17.4 Å². The number of nitrogens with zero attached hydrogens (tertiary/aromatic N) is 1. The quantitative estimate of drug-likeness (QED) is 0.638. The van der Waals surface area contributed by atoms with Crippen LogP contribution in [0.25, 0.3) is 10.9 Å². The number of carbonyl (C=O) groups is 1. The molecular weight excluding hydrogens is 348 g/mol. The van der Waals surface area contributed by atoms with Crippen molar-refractivity contribution in [2.45, 2.75) is 45.1 Å². The van der Waals surface area contributed by atoms with E-state index in [-0.39, 0.29) is 11.9 Å². The number of para-hydroxylation sites is 1. The maximum absolute atomic E-state index is 13.0. The number of fused-ring (bicyclic) bond motifs is 1. The molecule has 1 aliphatic heterocycles. The first kappa shape index (κ1) is 18.6. The van der Waals surface area contributed by atoms with Gasteiger partial charge < -0.3 is 14.6 Å². The van der Waals surface area contributed by atoms with Gasteiger partial charge in [-0.05, 0) is 67.8 Å². The summed E-state index contributed by atoms with van der Waals surface area (Å²) in [5.74, 6) is 1.13. The van der Waals surface area contributed by atoms with E-state index in [2.05, 4.69) is 46.3 Å². The Bertz CT molecular complexity index is 896. The molecule has 146 valence electrons. The van der Waals surface area contributed by atoms with Crippen LogP contribution in [0.4, 0.5) is 0 Å². The Morgan fingerprint density at radius 3 is 2.75 bits per heavy atom. The fourth-order valence-corrected chi connectivity index (χ4v) is 4.14. The van der Waals surface area contributed by atoms with Crippen LogP contribution in [0, 0.1) is 0 Å². The first-order valence-electron chi connectivity index (χ1n) is 10.3. The number of hydrogen-bond donors (Lipinski definition) is 1. The van der Waals surface area contributed by atoms with Crippen molar-refractivity contribution in [2.24, 2.45) is 0 Å². The average molecular weight is 376 g/mol. The second kappa shape index (κ2) is 8.51. The fourth-order valence-electron chi connectivity index (χ4n) is 4.14. The van der Waals surface area contributed by atoms with Crippen molar-refractivity contribution in [3.63, 3.8) is 0 Å².